The molecule has 0 bridgehead atoms. The Morgan fingerprint density at radius 3 is 2.56 bits per heavy atom. The molecule has 0 fully saturated rings. The normalized spacial score (nSPS) is 13.8. The molecule has 5 heteroatoms. The van der Waals surface area contributed by atoms with Gasteiger partial charge in [0.05, 0.1) is 12.6 Å². The van der Waals surface area contributed by atoms with Crippen molar-refractivity contribution in [1.82, 2.24) is 4.90 Å². The fourth-order valence-electron chi connectivity index (χ4n) is 2.01. The van der Waals surface area contributed by atoms with Crippen LogP contribution >= 0.6 is 0 Å². The summed E-state index contributed by atoms with van der Waals surface area (Å²) < 4.78 is 0. The first-order valence-corrected chi connectivity index (χ1v) is 6.09. The standard InChI is InChI=1S/C13H21N3O2/c1-2-12(13(14)15-18)16(8-9-17)10-11-6-4-3-5-7-11/h3-7,12,17-18H,2,8-10H2,1H3,(H2,14,15). The minimum Gasteiger partial charge on any atom is -0.409 e. The predicted octanol–water partition coefficient (Wildman–Crippen LogP) is 1.01. The van der Waals surface area contributed by atoms with Crippen molar-refractivity contribution in [3.63, 3.8) is 0 Å². The molecule has 0 aromatic heterocycles. The average molecular weight is 251 g/mol. The molecule has 0 radical (unpaired) electrons. The molecule has 4 N–H and O–H groups in total. The van der Waals surface area contributed by atoms with E-state index in [1.54, 1.807) is 0 Å². The van der Waals surface area contributed by atoms with Gasteiger partial charge in [0.25, 0.3) is 0 Å². The van der Waals surface area contributed by atoms with Gasteiger partial charge in [-0.15, -0.1) is 0 Å². The number of benzene rings is 1. The van der Waals surface area contributed by atoms with E-state index < -0.39 is 0 Å². The molecule has 0 aliphatic carbocycles. The quantitative estimate of drug-likeness (QED) is 0.292. The van der Waals surface area contributed by atoms with Crippen LogP contribution < -0.4 is 5.73 Å². The summed E-state index contributed by atoms with van der Waals surface area (Å²) in [6.45, 7) is 3.17. The summed E-state index contributed by atoms with van der Waals surface area (Å²) in [6.07, 6.45) is 0.725. The summed E-state index contributed by atoms with van der Waals surface area (Å²) >= 11 is 0. The Hall–Kier alpha value is -1.59. The topological polar surface area (TPSA) is 82.1 Å². The zero-order valence-corrected chi connectivity index (χ0v) is 10.7. The van der Waals surface area contributed by atoms with Crippen LogP contribution in [0.3, 0.4) is 0 Å². The lowest BCUT2D eigenvalue weighted by atomic mass is 10.1. The number of hydrogen-bond acceptors (Lipinski definition) is 4. The van der Waals surface area contributed by atoms with E-state index in [0.717, 1.165) is 12.0 Å². The van der Waals surface area contributed by atoms with Gasteiger partial charge in [0, 0.05) is 13.1 Å². The molecular formula is C13H21N3O2. The number of oxime groups is 1. The van der Waals surface area contributed by atoms with Crippen molar-refractivity contribution in [1.29, 1.82) is 0 Å². The Morgan fingerprint density at radius 1 is 1.39 bits per heavy atom. The number of aliphatic hydroxyl groups is 1. The Labute approximate surface area is 108 Å². The molecule has 0 aliphatic heterocycles. The maximum Gasteiger partial charge on any atom is 0.156 e. The second-order valence-corrected chi connectivity index (χ2v) is 4.13. The molecule has 0 spiro atoms. The number of nitrogens with zero attached hydrogens (tertiary/aromatic N) is 2. The van der Waals surface area contributed by atoms with Gasteiger partial charge >= 0.3 is 0 Å². The van der Waals surface area contributed by atoms with E-state index in [9.17, 15) is 0 Å². The summed E-state index contributed by atoms with van der Waals surface area (Å²) in [6, 6.07) is 9.77. The minimum absolute atomic E-state index is 0.0437. The highest BCUT2D eigenvalue weighted by atomic mass is 16.4. The molecule has 1 rings (SSSR count). The van der Waals surface area contributed by atoms with Gasteiger partial charge in [0.15, 0.2) is 5.84 Å². The summed E-state index contributed by atoms with van der Waals surface area (Å²) in [4.78, 5) is 2.00. The summed E-state index contributed by atoms with van der Waals surface area (Å²) in [5.41, 5.74) is 6.82. The van der Waals surface area contributed by atoms with Gasteiger partial charge in [0.2, 0.25) is 0 Å². The zero-order valence-electron chi connectivity index (χ0n) is 10.7. The van der Waals surface area contributed by atoms with Crippen molar-refractivity contribution in [2.24, 2.45) is 10.9 Å². The lowest BCUT2D eigenvalue weighted by Crippen LogP contribution is -2.45. The van der Waals surface area contributed by atoms with Crippen molar-refractivity contribution >= 4 is 5.84 Å². The van der Waals surface area contributed by atoms with Gasteiger partial charge in [-0.1, -0.05) is 42.4 Å². The Kier molecular flexibility index (Phi) is 6.18. The molecule has 1 aromatic rings. The van der Waals surface area contributed by atoms with Crippen LogP contribution in [0.4, 0.5) is 0 Å². The van der Waals surface area contributed by atoms with Gasteiger partial charge in [-0.3, -0.25) is 4.90 Å². The highest BCUT2D eigenvalue weighted by molar-refractivity contribution is 5.85. The van der Waals surface area contributed by atoms with Gasteiger partial charge in [-0.25, -0.2) is 0 Å². The molecule has 0 saturated carbocycles. The second-order valence-electron chi connectivity index (χ2n) is 4.13. The van der Waals surface area contributed by atoms with Gasteiger partial charge < -0.3 is 16.0 Å². The first kappa shape index (κ1) is 14.5. The van der Waals surface area contributed by atoms with Gasteiger partial charge in [0.1, 0.15) is 0 Å². The average Bonchev–Trinajstić information content (AvgIpc) is 2.40. The highest BCUT2D eigenvalue weighted by Crippen LogP contribution is 2.10. The molecule has 1 atom stereocenters. The van der Waals surface area contributed by atoms with E-state index in [-0.39, 0.29) is 18.5 Å². The van der Waals surface area contributed by atoms with Crippen LogP contribution in [-0.4, -0.2) is 40.2 Å². The maximum atomic E-state index is 9.13. The van der Waals surface area contributed by atoms with E-state index in [1.165, 1.54) is 0 Å². The molecule has 18 heavy (non-hydrogen) atoms. The Morgan fingerprint density at radius 2 is 2.06 bits per heavy atom. The number of rotatable bonds is 7. The number of amidine groups is 1. The molecule has 0 amide bonds. The molecule has 1 aromatic carbocycles. The minimum atomic E-state index is -0.164. The van der Waals surface area contributed by atoms with E-state index in [0.29, 0.717) is 13.1 Å². The van der Waals surface area contributed by atoms with Crippen LogP contribution in [-0.2, 0) is 6.54 Å². The molecule has 1 unspecified atom stereocenters. The molecular weight excluding hydrogens is 230 g/mol. The molecule has 100 valence electrons. The number of nitrogens with two attached hydrogens (primary N) is 1. The van der Waals surface area contributed by atoms with Crippen molar-refractivity contribution in [3.8, 4) is 0 Å². The Bertz CT molecular complexity index is 368. The molecule has 0 saturated heterocycles. The summed E-state index contributed by atoms with van der Waals surface area (Å²) in [7, 11) is 0. The highest BCUT2D eigenvalue weighted by Gasteiger charge is 2.20. The van der Waals surface area contributed by atoms with Crippen LogP contribution in [0.25, 0.3) is 0 Å². The largest absolute Gasteiger partial charge is 0.409 e. The van der Waals surface area contributed by atoms with Crippen molar-refractivity contribution in [3.05, 3.63) is 35.9 Å². The monoisotopic (exact) mass is 251 g/mol. The molecule has 5 nitrogen and oxygen atoms in total. The van der Waals surface area contributed by atoms with E-state index in [2.05, 4.69) is 5.16 Å². The zero-order chi connectivity index (χ0) is 13.4. The fraction of sp³-hybridized carbons (Fsp3) is 0.462. The van der Waals surface area contributed by atoms with Crippen molar-refractivity contribution in [2.45, 2.75) is 25.9 Å². The Balaban J connectivity index is 2.81. The second kappa shape index (κ2) is 7.68. The van der Waals surface area contributed by atoms with E-state index >= 15 is 0 Å². The van der Waals surface area contributed by atoms with E-state index in [4.69, 9.17) is 16.0 Å². The lowest BCUT2D eigenvalue weighted by Gasteiger charge is -2.29. The van der Waals surface area contributed by atoms with Crippen LogP contribution in [0.2, 0.25) is 0 Å². The smallest absolute Gasteiger partial charge is 0.156 e. The van der Waals surface area contributed by atoms with Gasteiger partial charge in [-0.2, -0.15) is 0 Å². The molecule has 0 heterocycles. The van der Waals surface area contributed by atoms with Crippen LogP contribution in [0.5, 0.6) is 0 Å². The molecule has 0 aliphatic rings. The van der Waals surface area contributed by atoms with Crippen LogP contribution in [0.1, 0.15) is 18.9 Å². The summed E-state index contributed by atoms with van der Waals surface area (Å²) in [5.74, 6) is 0.182. The third-order valence-electron chi connectivity index (χ3n) is 2.90. The van der Waals surface area contributed by atoms with Crippen molar-refractivity contribution in [2.75, 3.05) is 13.2 Å². The SMILES string of the molecule is CCC(C(N)=NO)N(CCO)Cc1ccccc1. The van der Waals surface area contributed by atoms with Crippen molar-refractivity contribution < 1.29 is 10.3 Å². The maximum absolute atomic E-state index is 9.13. The van der Waals surface area contributed by atoms with E-state index in [1.807, 2.05) is 42.2 Å². The summed E-state index contributed by atoms with van der Waals surface area (Å²) in [5, 5.41) is 21.0. The predicted molar refractivity (Wildman–Crippen MR) is 71.4 cm³/mol. The van der Waals surface area contributed by atoms with Crippen LogP contribution in [0, 0.1) is 0 Å². The van der Waals surface area contributed by atoms with Gasteiger partial charge in [-0.05, 0) is 12.0 Å². The first-order valence-electron chi connectivity index (χ1n) is 6.09. The third-order valence-corrected chi connectivity index (χ3v) is 2.90. The first-order chi connectivity index (χ1) is 8.72. The lowest BCUT2D eigenvalue weighted by molar-refractivity contribution is 0.166. The number of hydrogen-bond donors (Lipinski definition) is 3. The number of aliphatic hydroxyl groups excluding tert-OH is 1. The van der Waals surface area contributed by atoms with Crippen LogP contribution in [0.15, 0.2) is 35.5 Å². The third kappa shape index (κ3) is 4.01. The fourth-order valence-corrected chi connectivity index (χ4v) is 2.01.